The van der Waals surface area contributed by atoms with Crippen LogP contribution in [-0.4, -0.2) is 51.7 Å². The van der Waals surface area contributed by atoms with Gasteiger partial charge in [0.1, 0.15) is 0 Å². The molecule has 0 rings (SSSR count). The van der Waals surface area contributed by atoms with Gasteiger partial charge in [0.15, 0.2) is 0 Å². The summed E-state index contributed by atoms with van der Waals surface area (Å²) in [5.74, 6) is 0. The highest BCUT2D eigenvalue weighted by molar-refractivity contribution is 7.81. The predicted octanol–water partition coefficient (Wildman–Crippen LogP) is 1.15. The van der Waals surface area contributed by atoms with E-state index in [1.165, 1.54) is 0 Å². The molecule has 0 aromatic carbocycles. The Kier molecular flexibility index (Phi) is 6.18. The Labute approximate surface area is 98.9 Å². The highest BCUT2D eigenvalue weighted by atomic mass is 32.1. The molecule has 0 aliphatic rings. The summed E-state index contributed by atoms with van der Waals surface area (Å²) in [5.41, 5.74) is -0.0588. The fourth-order valence-corrected chi connectivity index (χ4v) is 2.52. The molecular weight excluding hydrogens is 210 g/mol. The third-order valence-corrected chi connectivity index (χ3v) is 2.62. The van der Waals surface area contributed by atoms with Gasteiger partial charge in [-0.2, -0.15) is 12.6 Å². The number of aliphatic hydroxyl groups excluding tert-OH is 2. The summed E-state index contributed by atoms with van der Waals surface area (Å²) in [5, 5.41) is 18.0. The van der Waals surface area contributed by atoms with Gasteiger partial charge in [0.2, 0.25) is 0 Å². The van der Waals surface area contributed by atoms with Crippen LogP contribution in [0.4, 0.5) is 0 Å². The van der Waals surface area contributed by atoms with Crippen molar-refractivity contribution >= 4 is 12.6 Å². The van der Waals surface area contributed by atoms with Crippen LogP contribution in [0, 0.1) is 0 Å². The van der Waals surface area contributed by atoms with Gasteiger partial charge in [0.05, 0.1) is 13.2 Å². The van der Waals surface area contributed by atoms with Crippen molar-refractivity contribution in [2.45, 2.75) is 44.4 Å². The average molecular weight is 235 g/mol. The molecule has 4 heteroatoms. The van der Waals surface area contributed by atoms with E-state index in [1.807, 2.05) is 0 Å². The molecule has 0 aliphatic heterocycles. The second-order valence-corrected chi connectivity index (χ2v) is 6.45. The van der Waals surface area contributed by atoms with Gasteiger partial charge in [0, 0.05) is 23.4 Å². The van der Waals surface area contributed by atoms with Crippen LogP contribution in [0.3, 0.4) is 0 Å². The Morgan fingerprint density at radius 1 is 1.00 bits per heavy atom. The minimum absolute atomic E-state index is 0.0489. The molecule has 0 saturated heterocycles. The summed E-state index contributed by atoms with van der Waals surface area (Å²) < 4.78 is -0.0489. The molecule has 0 fully saturated rings. The predicted molar refractivity (Wildman–Crippen MR) is 67.5 cm³/mol. The van der Waals surface area contributed by atoms with E-state index < -0.39 is 0 Å². The lowest BCUT2D eigenvalue weighted by atomic mass is 9.90. The monoisotopic (exact) mass is 235 g/mol. The number of β-amino-alcohol motifs (C(OH)–C–C–N with tert-alkyl or cyclic N) is 2. The number of nitrogens with zero attached hydrogens (tertiary/aromatic N) is 1. The molecule has 92 valence electrons. The van der Waals surface area contributed by atoms with Crippen molar-refractivity contribution < 1.29 is 10.2 Å². The van der Waals surface area contributed by atoms with Crippen LogP contribution >= 0.6 is 12.6 Å². The lowest BCUT2D eigenvalue weighted by Gasteiger charge is -2.41. The fourth-order valence-electron chi connectivity index (χ4n) is 2.13. The lowest BCUT2D eigenvalue weighted by Crippen LogP contribution is -2.49. The average Bonchev–Trinajstić information content (AvgIpc) is 1.99. The first-order chi connectivity index (χ1) is 6.73. The lowest BCUT2D eigenvalue weighted by molar-refractivity contribution is 0.0622. The van der Waals surface area contributed by atoms with Crippen molar-refractivity contribution in [1.82, 2.24) is 4.90 Å². The van der Waals surface area contributed by atoms with Gasteiger partial charge in [-0.05, 0) is 20.3 Å². The number of thiol groups is 1. The molecule has 2 N–H and O–H groups in total. The summed E-state index contributed by atoms with van der Waals surface area (Å²) in [6.45, 7) is 9.83. The Morgan fingerprint density at radius 3 is 1.67 bits per heavy atom. The quantitative estimate of drug-likeness (QED) is 0.580. The highest BCUT2D eigenvalue weighted by Crippen LogP contribution is 2.29. The van der Waals surface area contributed by atoms with Gasteiger partial charge >= 0.3 is 0 Å². The molecule has 0 saturated carbocycles. The molecule has 0 spiro atoms. The zero-order chi connectivity index (χ0) is 12.1. The first kappa shape index (κ1) is 15.2. The van der Waals surface area contributed by atoms with E-state index in [0.29, 0.717) is 13.1 Å². The van der Waals surface area contributed by atoms with E-state index in [0.717, 1.165) is 6.42 Å². The van der Waals surface area contributed by atoms with Gasteiger partial charge in [0.25, 0.3) is 0 Å². The SMILES string of the molecule is CC(C)(S)CC(C)(C)N(CCO)CCO. The molecule has 0 unspecified atom stereocenters. The molecule has 0 aromatic rings. The molecular formula is C11H25NO2S. The summed E-state index contributed by atoms with van der Waals surface area (Å²) in [6, 6.07) is 0. The van der Waals surface area contributed by atoms with Crippen molar-refractivity contribution in [2.24, 2.45) is 0 Å². The Balaban J connectivity index is 4.47. The van der Waals surface area contributed by atoms with E-state index in [1.54, 1.807) is 0 Å². The van der Waals surface area contributed by atoms with Crippen LogP contribution in [-0.2, 0) is 0 Å². The van der Waals surface area contributed by atoms with E-state index in [-0.39, 0.29) is 23.5 Å². The molecule has 0 atom stereocenters. The molecule has 0 bridgehead atoms. The molecule has 3 nitrogen and oxygen atoms in total. The van der Waals surface area contributed by atoms with Crippen molar-refractivity contribution in [1.29, 1.82) is 0 Å². The Bertz CT molecular complexity index is 172. The normalized spacial score (nSPS) is 13.6. The Hall–Kier alpha value is 0.230. The summed E-state index contributed by atoms with van der Waals surface area (Å²) in [4.78, 5) is 2.10. The van der Waals surface area contributed by atoms with Crippen molar-refractivity contribution in [3.63, 3.8) is 0 Å². The number of rotatable bonds is 7. The van der Waals surface area contributed by atoms with E-state index in [9.17, 15) is 0 Å². The maximum Gasteiger partial charge on any atom is 0.0558 e. The molecule has 0 amide bonds. The highest BCUT2D eigenvalue weighted by Gasteiger charge is 2.31. The van der Waals surface area contributed by atoms with E-state index >= 15 is 0 Å². The first-order valence-electron chi connectivity index (χ1n) is 5.42. The standard InChI is InChI=1S/C11H25NO2S/c1-10(2,9-11(3,4)15)12(5-7-13)6-8-14/h13-15H,5-9H2,1-4H3. The summed E-state index contributed by atoms with van der Waals surface area (Å²) in [6.07, 6.45) is 0.906. The topological polar surface area (TPSA) is 43.7 Å². The maximum absolute atomic E-state index is 8.98. The van der Waals surface area contributed by atoms with Crippen LogP contribution in [0.2, 0.25) is 0 Å². The molecule has 15 heavy (non-hydrogen) atoms. The summed E-state index contributed by atoms with van der Waals surface area (Å²) in [7, 11) is 0. The van der Waals surface area contributed by atoms with E-state index in [4.69, 9.17) is 10.2 Å². The maximum atomic E-state index is 8.98. The fraction of sp³-hybridized carbons (Fsp3) is 1.00. The molecule has 0 radical (unpaired) electrons. The third-order valence-electron chi connectivity index (χ3n) is 2.46. The number of hydrogen-bond donors (Lipinski definition) is 3. The van der Waals surface area contributed by atoms with Gasteiger partial charge in [-0.3, -0.25) is 4.90 Å². The van der Waals surface area contributed by atoms with Crippen molar-refractivity contribution in [3.05, 3.63) is 0 Å². The number of aliphatic hydroxyl groups is 2. The number of hydrogen-bond acceptors (Lipinski definition) is 4. The minimum atomic E-state index is -0.0588. The van der Waals surface area contributed by atoms with Gasteiger partial charge < -0.3 is 10.2 Å². The smallest absolute Gasteiger partial charge is 0.0558 e. The molecule has 0 heterocycles. The zero-order valence-electron chi connectivity index (χ0n) is 10.3. The van der Waals surface area contributed by atoms with E-state index in [2.05, 4.69) is 45.2 Å². The van der Waals surface area contributed by atoms with Crippen LogP contribution in [0.15, 0.2) is 0 Å². The van der Waals surface area contributed by atoms with Gasteiger partial charge in [-0.15, -0.1) is 0 Å². The van der Waals surface area contributed by atoms with Crippen LogP contribution in [0.1, 0.15) is 34.1 Å². The Morgan fingerprint density at radius 2 is 1.40 bits per heavy atom. The van der Waals surface area contributed by atoms with Crippen LogP contribution < -0.4 is 0 Å². The second-order valence-electron chi connectivity index (χ2n) is 5.24. The van der Waals surface area contributed by atoms with Gasteiger partial charge in [-0.1, -0.05) is 13.8 Å². The van der Waals surface area contributed by atoms with Crippen molar-refractivity contribution in [2.75, 3.05) is 26.3 Å². The first-order valence-corrected chi connectivity index (χ1v) is 5.87. The van der Waals surface area contributed by atoms with Gasteiger partial charge in [-0.25, -0.2) is 0 Å². The largest absolute Gasteiger partial charge is 0.395 e. The van der Waals surface area contributed by atoms with Crippen LogP contribution in [0.25, 0.3) is 0 Å². The molecule has 0 aromatic heterocycles. The van der Waals surface area contributed by atoms with Crippen LogP contribution in [0.5, 0.6) is 0 Å². The minimum Gasteiger partial charge on any atom is -0.395 e. The second kappa shape index (κ2) is 6.09. The summed E-state index contributed by atoms with van der Waals surface area (Å²) >= 11 is 4.53. The molecule has 0 aliphatic carbocycles. The zero-order valence-corrected chi connectivity index (χ0v) is 11.2. The van der Waals surface area contributed by atoms with Crippen molar-refractivity contribution in [3.8, 4) is 0 Å². The third kappa shape index (κ3) is 6.40.